The fraction of sp³-hybridized carbons (Fsp3) is 0.417. The van der Waals surface area contributed by atoms with Crippen LogP contribution in [0.15, 0.2) is 17.3 Å². The van der Waals surface area contributed by atoms with Gasteiger partial charge in [-0.2, -0.15) is 0 Å². The molecule has 0 amide bonds. The summed E-state index contributed by atoms with van der Waals surface area (Å²) in [6.07, 6.45) is 0. The summed E-state index contributed by atoms with van der Waals surface area (Å²) in [5.41, 5.74) is 7.29. The maximum Gasteiger partial charge on any atom is 0.177 e. The molecule has 0 radical (unpaired) electrons. The van der Waals surface area contributed by atoms with Crippen molar-refractivity contribution in [3.63, 3.8) is 0 Å². The van der Waals surface area contributed by atoms with Crippen LogP contribution in [-0.4, -0.2) is 17.6 Å². The molecule has 0 aliphatic rings. The van der Waals surface area contributed by atoms with Crippen molar-refractivity contribution in [3.05, 3.63) is 28.3 Å². The second-order valence-electron chi connectivity index (χ2n) is 4.17. The molecule has 0 aliphatic heterocycles. The van der Waals surface area contributed by atoms with E-state index < -0.39 is 0 Å². The summed E-state index contributed by atoms with van der Waals surface area (Å²) in [6.45, 7) is 6.07. The van der Waals surface area contributed by atoms with Crippen molar-refractivity contribution in [1.82, 2.24) is 0 Å². The zero-order valence-electron chi connectivity index (χ0n) is 10.2. The molecule has 0 fully saturated rings. The average molecular weight is 257 g/mol. The van der Waals surface area contributed by atoms with Crippen LogP contribution >= 0.6 is 11.6 Å². The Morgan fingerprint density at radius 1 is 1.53 bits per heavy atom. The number of nitrogens with two attached hydrogens (primary N) is 1. The van der Waals surface area contributed by atoms with Crippen molar-refractivity contribution in [1.29, 1.82) is 0 Å². The van der Waals surface area contributed by atoms with Crippen molar-refractivity contribution in [2.75, 3.05) is 6.61 Å². The van der Waals surface area contributed by atoms with E-state index in [1.54, 1.807) is 0 Å². The van der Waals surface area contributed by atoms with Crippen LogP contribution in [0.4, 0.5) is 0 Å². The van der Waals surface area contributed by atoms with Crippen LogP contribution in [0.2, 0.25) is 5.02 Å². The Bertz CT molecular complexity index is 431. The molecule has 1 aromatic rings. The third-order valence-electron chi connectivity index (χ3n) is 2.42. The molecule has 4 nitrogen and oxygen atoms in total. The molecule has 0 saturated heterocycles. The lowest BCUT2D eigenvalue weighted by molar-refractivity contribution is 0.306. The molecule has 0 unspecified atom stereocenters. The van der Waals surface area contributed by atoms with E-state index in [0.717, 1.165) is 16.1 Å². The van der Waals surface area contributed by atoms with Gasteiger partial charge in [0, 0.05) is 5.02 Å². The predicted molar refractivity (Wildman–Crippen MR) is 69.2 cm³/mol. The van der Waals surface area contributed by atoms with E-state index >= 15 is 0 Å². The molecule has 1 aromatic carbocycles. The number of oxime groups is 1. The average Bonchev–Trinajstić information content (AvgIpc) is 2.26. The van der Waals surface area contributed by atoms with Gasteiger partial charge < -0.3 is 15.7 Å². The highest BCUT2D eigenvalue weighted by atomic mass is 35.5. The van der Waals surface area contributed by atoms with Gasteiger partial charge in [-0.25, -0.2) is 0 Å². The quantitative estimate of drug-likeness (QED) is 0.377. The van der Waals surface area contributed by atoms with Crippen molar-refractivity contribution in [2.45, 2.75) is 26.7 Å². The number of aryl methyl sites for hydroxylation is 1. The summed E-state index contributed by atoms with van der Waals surface area (Å²) in [7, 11) is 0. The summed E-state index contributed by atoms with van der Waals surface area (Å²) in [6, 6.07) is 3.76. The topological polar surface area (TPSA) is 67.8 Å². The summed E-state index contributed by atoms with van der Waals surface area (Å²) in [5.74, 6) is 1.05. The number of hydrogen-bond donors (Lipinski definition) is 2. The highest BCUT2D eigenvalue weighted by Crippen LogP contribution is 2.31. The molecule has 17 heavy (non-hydrogen) atoms. The molecular formula is C12H17ClN2O2. The molecular weight excluding hydrogens is 240 g/mol. The van der Waals surface area contributed by atoms with Crippen LogP contribution in [-0.2, 0) is 0 Å². The maximum atomic E-state index is 8.43. The molecule has 0 aliphatic carbocycles. The van der Waals surface area contributed by atoms with Crippen molar-refractivity contribution >= 4 is 17.4 Å². The SMILES string of the molecule is Cc1cc(Cl)c(C(C)C)cc1OC/C(N)=N/O. The molecule has 1 rings (SSSR count). The van der Waals surface area contributed by atoms with Gasteiger partial charge in [-0.15, -0.1) is 0 Å². The molecule has 0 bridgehead atoms. The van der Waals surface area contributed by atoms with E-state index in [9.17, 15) is 0 Å². The number of hydrogen-bond acceptors (Lipinski definition) is 3. The number of nitrogens with zero attached hydrogens (tertiary/aromatic N) is 1. The van der Waals surface area contributed by atoms with E-state index in [-0.39, 0.29) is 12.4 Å². The monoisotopic (exact) mass is 256 g/mol. The molecule has 0 atom stereocenters. The minimum atomic E-state index is 0.0328. The number of amidine groups is 1. The van der Waals surface area contributed by atoms with Crippen LogP contribution in [0, 0.1) is 6.92 Å². The molecule has 3 N–H and O–H groups in total. The molecule has 94 valence electrons. The molecule has 0 aromatic heterocycles. The van der Waals surface area contributed by atoms with Crippen LogP contribution in [0.1, 0.15) is 30.9 Å². The minimum absolute atomic E-state index is 0.0328. The normalized spacial score (nSPS) is 11.9. The van der Waals surface area contributed by atoms with E-state index in [0.29, 0.717) is 11.7 Å². The predicted octanol–water partition coefficient (Wildman–Crippen LogP) is 2.90. The highest BCUT2D eigenvalue weighted by Gasteiger charge is 2.10. The second kappa shape index (κ2) is 5.77. The number of ether oxygens (including phenoxy) is 1. The second-order valence-corrected chi connectivity index (χ2v) is 4.58. The van der Waals surface area contributed by atoms with Gasteiger partial charge in [-0.3, -0.25) is 0 Å². The lowest BCUT2D eigenvalue weighted by atomic mass is 10.0. The first kappa shape index (κ1) is 13.6. The maximum absolute atomic E-state index is 8.43. The molecule has 0 spiro atoms. The smallest absolute Gasteiger partial charge is 0.177 e. The van der Waals surface area contributed by atoms with Crippen molar-refractivity contribution in [2.24, 2.45) is 10.9 Å². The molecule has 0 heterocycles. The summed E-state index contributed by atoms with van der Waals surface area (Å²) in [4.78, 5) is 0. The van der Waals surface area contributed by atoms with Gasteiger partial charge in [0.2, 0.25) is 0 Å². The van der Waals surface area contributed by atoms with Gasteiger partial charge in [0.25, 0.3) is 0 Å². The minimum Gasteiger partial charge on any atom is -0.485 e. The fourth-order valence-electron chi connectivity index (χ4n) is 1.45. The zero-order chi connectivity index (χ0) is 13.0. The van der Waals surface area contributed by atoms with Gasteiger partial charge in [-0.05, 0) is 36.1 Å². The van der Waals surface area contributed by atoms with Gasteiger partial charge >= 0.3 is 0 Å². The Balaban J connectivity index is 2.96. The Morgan fingerprint density at radius 3 is 2.71 bits per heavy atom. The number of halogens is 1. The largest absolute Gasteiger partial charge is 0.485 e. The Labute approximate surface area is 106 Å². The van der Waals surface area contributed by atoms with Gasteiger partial charge in [0.1, 0.15) is 12.4 Å². The van der Waals surface area contributed by atoms with Crippen LogP contribution in [0.5, 0.6) is 5.75 Å². The van der Waals surface area contributed by atoms with E-state index in [4.69, 9.17) is 27.3 Å². The summed E-state index contributed by atoms with van der Waals surface area (Å²) in [5, 5.41) is 12.0. The van der Waals surface area contributed by atoms with E-state index in [1.807, 2.05) is 19.1 Å². The van der Waals surface area contributed by atoms with Gasteiger partial charge in [0.15, 0.2) is 5.84 Å². The molecule has 5 heteroatoms. The van der Waals surface area contributed by atoms with Crippen LogP contribution in [0.25, 0.3) is 0 Å². The zero-order valence-corrected chi connectivity index (χ0v) is 11.0. The highest BCUT2D eigenvalue weighted by molar-refractivity contribution is 6.31. The van der Waals surface area contributed by atoms with Crippen LogP contribution in [0.3, 0.4) is 0 Å². The van der Waals surface area contributed by atoms with E-state index in [1.165, 1.54) is 0 Å². The van der Waals surface area contributed by atoms with Gasteiger partial charge in [-0.1, -0.05) is 30.6 Å². The Morgan fingerprint density at radius 2 is 2.18 bits per heavy atom. The standard InChI is InChI=1S/C12H17ClN2O2/c1-7(2)9-5-11(8(3)4-10(9)13)17-6-12(14)15-16/h4-5,7,16H,6H2,1-3H3,(H2,14,15). The first-order chi connectivity index (χ1) is 7.95. The van der Waals surface area contributed by atoms with Crippen molar-refractivity contribution in [3.8, 4) is 5.75 Å². The number of benzene rings is 1. The molecule has 0 saturated carbocycles. The first-order valence-corrected chi connectivity index (χ1v) is 5.72. The number of rotatable bonds is 4. The third kappa shape index (κ3) is 3.53. The Kier molecular flexibility index (Phi) is 4.63. The summed E-state index contributed by atoms with van der Waals surface area (Å²) < 4.78 is 5.46. The Hall–Kier alpha value is -1.42. The fourth-order valence-corrected chi connectivity index (χ4v) is 1.88. The van der Waals surface area contributed by atoms with Gasteiger partial charge in [0.05, 0.1) is 0 Å². The van der Waals surface area contributed by atoms with Crippen LogP contribution < -0.4 is 10.5 Å². The third-order valence-corrected chi connectivity index (χ3v) is 2.75. The summed E-state index contributed by atoms with van der Waals surface area (Å²) >= 11 is 6.14. The lowest BCUT2D eigenvalue weighted by Crippen LogP contribution is -2.21. The first-order valence-electron chi connectivity index (χ1n) is 5.35. The van der Waals surface area contributed by atoms with E-state index in [2.05, 4.69) is 19.0 Å². The van der Waals surface area contributed by atoms with Crippen molar-refractivity contribution < 1.29 is 9.94 Å². The lowest BCUT2D eigenvalue weighted by Gasteiger charge is -2.14.